The van der Waals surface area contributed by atoms with Gasteiger partial charge in [0.1, 0.15) is 29.9 Å². The largest absolute Gasteiger partial charge is 0.490 e. The number of benzene rings is 1. The molecule has 10 nitrogen and oxygen atoms in total. The van der Waals surface area contributed by atoms with Gasteiger partial charge in [0.15, 0.2) is 0 Å². The van der Waals surface area contributed by atoms with Gasteiger partial charge in [0, 0.05) is 44.2 Å². The molecule has 0 radical (unpaired) electrons. The van der Waals surface area contributed by atoms with Crippen LogP contribution in [-0.4, -0.2) is 66.3 Å². The van der Waals surface area contributed by atoms with Gasteiger partial charge in [0.05, 0.1) is 35.6 Å². The van der Waals surface area contributed by atoms with Crippen LogP contribution in [0.3, 0.4) is 0 Å². The summed E-state index contributed by atoms with van der Waals surface area (Å²) in [5.74, 6) is 1.61. The molecule has 34 heavy (non-hydrogen) atoms. The fourth-order valence-corrected chi connectivity index (χ4v) is 4.80. The second-order valence-electron chi connectivity index (χ2n) is 8.88. The number of carbonyl (C=O) groups excluding carboxylic acids is 1. The first kappa shape index (κ1) is 22.4. The lowest BCUT2D eigenvalue weighted by atomic mass is 9.99. The Labute approximate surface area is 197 Å². The van der Waals surface area contributed by atoms with Crippen LogP contribution in [0.2, 0.25) is 0 Å². The molecule has 1 aromatic heterocycles. The lowest BCUT2D eigenvalue weighted by molar-refractivity contribution is -0.385. The summed E-state index contributed by atoms with van der Waals surface area (Å²) in [5.41, 5.74) is 1.77. The molecule has 180 valence electrons. The zero-order valence-corrected chi connectivity index (χ0v) is 19.1. The van der Waals surface area contributed by atoms with Gasteiger partial charge in [-0.1, -0.05) is 0 Å². The summed E-state index contributed by atoms with van der Waals surface area (Å²) < 4.78 is 17.4. The Bertz CT molecular complexity index is 1090. The number of nitro groups is 1. The molecule has 0 saturated carbocycles. The highest BCUT2D eigenvalue weighted by Crippen LogP contribution is 2.40. The van der Waals surface area contributed by atoms with Crippen molar-refractivity contribution >= 4 is 23.0 Å². The van der Waals surface area contributed by atoms with Crippen LogP contribution in [0.15, 0.2) is 30.5 Å². The number of hydrogen-bond donors (Lipinski definition) is 0. The van der Waals surface area contributed by atoms with Gasteiger partial charge in [-0.05, 0) is 31.9 Å². The van der Waals surface area contributed by atoms with Crippen molar-refractivity contribution in [2.45, 2.75) is 32.3 Å². The van der Waals surface area contributed by atoms with Gasteiger partial charge in [0.25, 0.3) is 5.69 Å². The van der Waals surface area contributed by atoms with E-state index < -0.39 is 4.92 Å². The Morgan fingerprint density at radius 3 is 2.79 bits per heavy atom. The molecule has 0 bridgehead atoms. The fraction of sp³-hybridized carbons (Fsp3) is 0.500. The number of ether oxygens (including phenoxy) is 3. The minimum atomic E-state index is -0.416. The first-order valence-corrected chi connectivity index (χ1v) is 11.7. The summed E-state index contributed by atoms with van der Waals surface area (Å²) in [6.45, 7) is 5.19. The number of amides is 1. The predicted octanol–water partition coefficient (Wildman–Crippen LogP) is 3.24. The Hall–Kier alpha value is -3.40. The van der Waals surface area contributed by atoms with Crippen LogP contribution < -0.4 is 14.4 Å². The molecule has 1 atom stereocenters. The van der Waals surface area contributed by atoms with Gasteiger partial charge in [-0.2, -0.15) is 0 Å². The van der Waals surface area contributed by atoms with E-state index in [2.05, 4.69) is 4.98 Å². The topological polar surface area (TPSA) is 107 Å². The molecule has 1 unspecified atom stereocenters. The van der Waals surface area contributed by atoms with E-state index >= 15 is 0 Å². The van der Waals surface area contributed by atoms with E-state index in [0.29, 0.717) is 62.3 Å². The van der Waals surface area contributed by atoms with Crippen molar-refractivity contribution in [2.24, 2.45) is 5.92 Å². The maximum absolute atomic E-state index is 12.8. The third-order valence-electron chi connectivity index (χ3n) is 6.68. The molecule has 0 spiro atoms. The molecule has 3 aliphatic rings. The zero-order chi connectivity index (χ0) is 23.7. The highest BCUT2D eigenvalue weighted by atomic mass is 16.6. The van der Waals surface area contributed by atoms with Crippen LogP contribution in [0.5, 0.6) is 11.5 Å². The minimum absolute atomic E-state index is 0.0156. The number of likely N-dealkylation sites (tertiary alicyclic amines) is 1. The Balaban J connectivity index is 1.31. The molecular formula is C24H28N4O6. The molecule has 2 saturated heterocycles. The standard InChI is InChI=1S/C24H28N4O6/c1-16-21(28(30)31)12-18(14-25-16)27-8-11-33-23-3-2-19(13-22(23)27)34-20-4-7-26(15-20)24(29)17-5-9-32-10-6-17/h2-3,12-14,17,20H,4-11,15H2,1H3. The summed E-state index contributed by atoms with van der Waals surface area (Å²) in [7, 11) is 0. The highest BCUT2D eigenvalue weighted by molar-refractivity contribution is 5.79. The second kappa shape index (κ2) is 9.46. The van der Waals surface area contributed by atoms with Gasteiger partial charge >= 0.3 is 0 Å². The first-order valence-electron chi connectivity index (χ1n) is 11.7. The summed E-state index contributed by atoms with van der Waals surface area (Å²) in [6.07, 6.45) is 3.91. The molecule has 3 aliphatic heterocycles. The average Bonchev–Trinajstić information content (AvgIpc) is 3.32. The molecule has 1 amide bonds. The lowest BCUT2D eigenvalue weighted by Crippen LogP contribution is -2.38. The molecule has 4 heterocycles. The van der Waals surface area contributed by atoms with Crippen molar-refractivity contribution in [3.8, 4) is 11.5 Å². The number of pyridine rings is 1. The molecular weight excluding hydrogens is 440 g/mol. The SMILES string of the molecule is Cc1ncc(N2CCOc3ccc(OC4CCN(C(=O)C5CCOCC5)C4)cc32)cc1[N+](=O)[O-]. The summed E-state index contributed by atoms with van der Waals surface area (Å²) in [5, 5.41) is 11.4. The fourth-order valence-electron chi connectivity index (χ4n) is 4.80. The maximum atomic E-state index is 12.8. The van der Waals surface area contributed by atoms with Gasteiger partial charge in [0.2, 0.25) is 5.91 Å². The average molecular weight is 469 g/mol. The number of rotatable bonds is 5. The van der Waals surface area contributed by atoms with E-state index in [1.807, 2.05) is 28.0 Å². The van der Waals surface area contributed by atoms with Crippen LogP contribution in [0.1, 0.15) is 25.0 Å². The van der Waals surface area contributed by atoms with Crippen LogP contribution in [-0.2, 0) is 9.53 Å². The van der Waals surface area contributed by atoms with Gasteiger partial charge in [-0.3, -0.25) is 19.9 Å². The number of carbonyl (C=O) groups is 1. The van der Waals surface area contributed by atoms with E-state index in [9.17, 15) is 14.9 Å². The molecule has 0 N–H and O–H groups in total. The van der Waals surface area contributed by atoms with Crippen LogP contribution in [0.4, 0.5) is 17.1 Å². The maximum Gasteiger partial charge on any atom is 0.292 e. The molecule has 2 aromatic rings. The van der Waals surface area contributed by atoms with Crippen molar-refractivity contribution in [3.63, 3.8) is 0 Å². The van der Waals surface area contributed by atoms with E-state index in [0.717, 1.165) is 24.9 Å². The third-order valence-corrected chi connectivity index (χ3v) is 6.68. The Kier molecular flexibility index (Phi) is 6.23. The number of aromatic nitrogens is 1. The Morgan fingerprint density at radius 1 is 1.18 bits per heavy atom. The van der Waals surface area contributed by atoms with E-state index in [-0.39, 0.29) is 23.6 Å². The van der Waals surface area contributed by atoms with Crippen molar-refractivity contribution in [2.75, 3.05) is 44.4 Å². The van der Waals surface area contributed by atoms with Gasteiger partial charge < -0.3 is 24.0 Å². The second-order valence-corrected chi connectivity index (χ2v) is 8.88. The summed E-state index contributed by atoms with van der Waals surface area (Å²) in [6, 6.07) is 7.15. The number of anilines is 2. The number of fused-ring (bicyclic) bond motifs is 1. The van der Waals surface area contributed by atoms with Crippen LogP contribution in [0, 0.1) is 23.0 Å². The number of hydrogen-bond acceptors (Lipinski definition) is 8. The van der Waals surface area contributed by atoms with Crippen molar-refractivity contribution in [1.29, 1.82) is 0 Å². The number of aryl methyl sites for hydroxylation is 1. The first-order chi connectivity index (χ1) is 16.5. The minimum Gasteiger partial charge on any atom is -0.490 e. The van der Waals surface area contributed by atoms with Gasteiger partial charge in [-0.15, -0.1) is 0 Å². The summed E-state index contributed by atoms with van der Waals surface area (Å²) >= 11 is 0. The highest BCUT2D eigenvalue weighted by Gasteiger charge is 2.33. The summed E-state index contributed by atoms with van der Waals surface area (Å²) in [4.78, 5) is 31.9. The smallest absolute Gasteiger partial charge is 0.292 e. The van der Waals surface area contributed by atoms with E-state index in [4.69, 9.17) is 14.2 Å². The monoisotopic (exact) mass is 468 g/mol. The van der Waals surface area contributed by atoms with Crippen molar-refractivity contribution in [3.05, 3.63) is 46.3 Å². The molecule has 1 aromatic carbocycles. The van der Waals surface area contributed by atoms with Crippen LogP contribution >= 0.6 is 0 Å². The van der Waals surface area contributed by atoms with Crippen molar-refractivity contribution < 1.29 is 23.9 Å². The Morgan fingerprint density at radius 2 is 2.00 bits per heavy atom. The van der Waals surface area contributed by atoms with E-state index in [1.165, 1.54) is 0 Å². The molecule has 0 aliphatic carbocycles. The van der Waals surface area contributed by atoms with Gasteiger partial charge in [-0.25, -0.2) is 0 Å². The predicted molar refractivity (Wildman–Crippen MR) is 124 cm³/mol. The zero-order valence-electron chi connectivity index (χ0n) is 19.1. The number of nitrogens with zero attached hydrogens (tertiary/aromatic N) is 4. The lowest BCUT2D eigenvalue weighted by Gasteiger charge is -2.31. The quantitative estimate of drug-likeness (QED) is 0.486. The normalized spacial score (nSPS) is 20.6. The van der Waals surface area contributed by atoms with Crippen molar-refractivity contribution in [1.82, 2.24) is 9.88 Å². The third kappa shape index (κ3) is 4.50. The van der Waals surface area contributed by atoms with Crippen LogP contribution in [0.25, 0.3) is 0 Å². The molecule has 10 heteroatoms. The molecule has 2 fully saturated rings. The molecule has 5 rings (SSSR count). The van der Waals surface area contributed by atoms with E-state index in [1.54, 1.807) is 19.2 Å².